The lowest BCUT2D eigenvalue weighted by atomic mass is 9.90. The van der Waals surface area contributed by atoms with Crippen LogP contribution in [0.3, 0.4) is 0 Å². The highest BCUT2D eigenvalue weighted by molar-refractivity contribution is 8.16. The third-order valence-corrected chi connectivity index (χ3v) is 6.03. The number of unbranched alkanes of at least 4 members (excludes halogenated alkanes) is 1. The van der Waals surface area contributed by atoms with Gasteiger partial charge in [0.15, 0.2) is 5.78 Å². The summed E-state index contributed by atoms with van der Waals surface area (Å²) in [6.07, 6.45) is 8.82. The van der Waals surface area contributed by atoms with Crippen molar-refractivity contribution >= 4 is 27.7 Å². The first-order valence-corrected chi connectivity index (χ1v) is 8.38. The van der Waals surface area contributed by atoms with Crippen molar-refractivity contribution in [3.05, 3.63) is 53.1 Å². The second kappa shape index (κ2) is 5.30. The summed E-state index contributed by atoms with van der Waals surface area (Å²) in [6.45, 7) is 2.21. The number of rotatable bonds is 3. The molecule has 2 atom stereocenters. The Morgan fingerprint density at radius 3 is 2.95 bits per heavy atom. The van der Waals surface area contributed by atoms with Crippen LogP contribution in [0.1, 0.15) is 35.7 Å². The molecule has 1 aliphatic heterocycles. The van der Waals surface area contributed by atoms with Crippen LogP contribution >= 0.6 is 10.5 Å². The Morgan fingerprint density at radius 2 is 2.11 bits per heavy atom. The maximum Gasteiger partial charge on any atom is 0.180 e. The number of fused-ring (bicyclic) bond motifs is 2. The van der Waals surface area contributed by atoms with Gasteiger partial charge in [0, 0.05) is 5.56 Å². The first-order valence-electron chi connectivity index (χ1n) is 6.86. The van der Waals surface area contributed by atoms with E-state index in [-0.39, 0.29) is 15.7 Å². The number of hydrogen-bond donors (Lipinski definition) is 0. The first-order chi connectivity index (χ1) is 9.31. The van der Waals surface area contributed by atoms with Crippen molar-refractivity contribution in [2.45, 2.75) is 25.0 Å². The minimum Gasteiger partial charge on any atom is -0.293 e. The average molecular weight is 270 g/mol. The molecule has 0 saturated carbocycles. The quantitative estimate of drug-likeness (QED) is 0.756. The highest BCUT2D eigenvalue weighted by Crippen LogP contribution is 2.38. The maximum atomic E-state index is 12.7. The number of ketones is 1. The lowest BCUT2D eigenvalue weighted by Crippen LogP contribution is -2.27. The van der Waals surface area contributed by atoms with Gasteiger partial charge in [-0.15, -0.1) is 0 Å². The van der Waals surface area contributed by atoms with Crippen molar-refractivity contribution in [2.75, 3.05) is 5.75 Å². The third-order valence-electron chi connectivity index (χ3n) is 3.67. The van der Waals surface area contributed by atoms with Gasteiger partial charge < -0.3 is 0 Å². The molecule has 1 aromatic carbocycles. The van der Waals surface area contributed by atoms with Crippen molar-refractivity contribution in [1.82, 2.24) is 0 Å². The molecular weight excluding hydrogens is 252 g/mol. The Hall–Kier alpha value is -1.41. The van der Waals surface area contributed by atoms with Gasteiger partial charge in [0.05, 0.1) is 5.25 Å². The van der Waals surface area contributed by atoms with Gasteiger partial charge >= 0.3 is 0 Å². The highest BCUT2D eigenvalue weighted by Gasteiger charge is 2.31. The van der Waals surface area contributed by atoms with Crippen LogP contribution in [-0.2, 0) is 0 Å². The van der Waals surface area contributed by atoms with Crippen LogP contribution < -0.4 is 0 Å². The molecule has 0 aromatic heterocycles. The Labute approximate surface area is 117 Å². The Balaban J connectivity index is 2.02. The summed E-state index contributed by atoms with van der Waals surface area (Å²) in [7, 11) is 0.0720. The third kappa shape index (κ3) is 2.25. The molecule has 0 amide bonds. The number of hydrogen-bond acceptors (Lipinski definition) is 1. The van der Waals surface area contributed by atoms with Crippen molar-refractivity contribution in [2.24, 2.45) is 0 Å². The molecule has 1 nitrogen and oxygen atoms in total. The predicted octanol–water partition coefficient (Wildman–Crippen LogP) is 4.08. The molecule has 0 bridgehead atoms. The topological polar surface area (TPSA) is 17.1 Å². The van der Waals surface area contributed by atoms with Crippen molar-refractivity contribution in [3.63, 3.8) is 0 Å². The van der Waals surface area contributed by atoms with Gasteiger partial charge in [-0.3, -0.25) is 4.79 Å². The number of allylic oxidation sites excluding steroid dienone is 2. The van der Waals surface area contributed by atoms with Crippen LogP contribution in [0.4, 0.5) is 0 Å². The molecule has 2 heteroatoms. The zero-order chi connectivity index (χ0) is 13.2. The smallest absolute Gasteiger partial charge is 0.180 e. The first kappa shape index (κ1) is 12.6. The zero-order valence-corrected chi connectivity index (χ0v) is 12.0. The van der Waals surface area contributed by atoms with Crippen LogP contribution in [0.5, 0.6) is 0 Å². The van der Waals surface area contributed by atoms with Crippen LogP contribution in [0.25, 0.3) is 6.08 Å². The number of carbonyl (C=O) groups excluding carboxylic acids is 1. The van der Waals surface area contributed by atoms with E-state index in [1.165, 1.54) is 18.4 Å². The minimum atomic E-state index is 0.0720. The van der Waals surface area contributed by atoms with E-state index in [0.29, 0.717) is 5.78 Å². The molecule has 1 aromatic rings. The predicted molar refractivity (Wildman–Crippen MR) is 85.1 cm³/mol. The molecule has 3 rings (SSSR count). The fourth-order valence-corrected chi connectivity index (χ4v) is 5.00. The monoisotopic (exact) mass is 270 g/mol. The highest BCUT2D eigenvalue weighted by atomic mass is 32.2. The van der Waals surface area contributed by atoms with Gasteiger partial charge in [-0.2, -0.15) is 10.5 Å². The molecule has 1 heterocycles. The SMILES string of the molecule is CCCCS1=CC=CC2=Cc3ccccc3C(=O)C21. The van der Waals surface area contributed by atoms with Gasteiger partial charge in [-0.05, 0) is 34.8 Å². The molecule has 98 valence electrons. The Morgan fingerprint density at radius 1 is 1.26 bits per heavy atom. The van der Waals surface area contributed by atoms with E-state index in [2.05, 4.69) is 30.5 Å². The van der Waals surface area contributed by atoms with Gasteiger partial charge in [0.25, 0.3) is 0 Å². The van der Waals surface area contributed by atoms with Crippen molar-refractivity contribution in [3.8, 4) is 0 Å². The molecule has 19 heavy (non-hydrogen) atoms. The molecular formula is C17H18OS. The molecule has 2 aliphatic rings. The Bertz CT molecular complexity index is 607. The molecule has 0 radical (unpaired) electrons. The van der Waals surface area contributed by atoms with Crippen LogP contribution in [0, 0.1) is 0 Å². The van der Waals surface area contributed by atoms with Gasteiger partial charge in [0.1, 0.15) is 0 Å². The minimum absolute atomic E-state index is 0.0720. The standard InChI is InChI=1S/C17H18OS/c1-2-3-10-19-11-6-8-14-12-13-7-4-5-9-15(13)16(18)17(14)19/h4-9,11-12,17H,2-3,10H2,1H3. The molecule has 0 saturated heterocycles. The zero-order valence-electron chi connectivity index (χ0n) is 11.1. The van der Waals surface area contributed by atoms with E-state index in [9.17, 15) is 4.79 Å². The van der Waals surface area contributed by atoms with Gasteiger partial charge in [-0.25, -0.2) is 0 Å². The summed E-state index contributed by atoms with van der Waals surface area (Å²) in [6, 6.07) is 7.96. The normalized spacial score (nSPS) is 24.3. The summed E-state index contributed by atoms with van der Waals surface area (Å²) >= 11 is 0. The van der Waals surface area contributed by atoms with Gasteiger partial charge in [-0.1, -0.05) is 49.8 Å². The van der Waals surface area contributed by atoms with E-state index in [0.717, 1.165) is 16.9 Å². The molecule has 1 aliphatic carbocycles. The summed E-state index contributed by atoms with van der Waals surface area (Å²) in [5.74, 6) is 1.45. The fourth-order valence-electron chi connectivity index (χ4n) is 2.67. The largest absolute Gasteiger partial charge is 0.293 e. The van der Waals surface area contributed by atoms with Crippen LogP contribution in [-0.4, -0.2) is 22.2 Å². The molecule has 2 unspecified atom stereocenters. The fraction of sp³-hybridized carbons (Fsp3) is 0.294. The molecule has 0 fully saturated rings. The summed E-state index contributed by atoms with van der Waals surface area (Å²) < 4.78 is 0. The summed E-state index contributed by atoms with van der Waals surface area (Å²) in [4.78, 5) is 12.7. The molecule has 0 spiro atoms. The molecule has 0 N–H and O–H groups in total. The second-order valence-corrected chi connectivity index (χ2v) is 7.09. The lowest BCUT2D eigenvalue weighted by molar-refractivity contribution is 0.0997. The van der Waals surface area contributed by atoms with E-state index >= 15 is 0 Å². The maximum absolute atomic E-state index is 12.7. The van der Waals surface area contributed by atoms with E-state index in [1.807, 2.05) is 24.3 Å². The van der Waals surface area contributed by atoms with Crippen molar-refractivity contribution < 1.29 is 4.79 Å². The van der Waals surface area contributed by atoms with Crippen LogP contribution in [0.15, 0.2) is 42.0 Å². The number of Topliss-reactive ketones (excluding diaryl/α,β-unsaturated/α-hetero) is 1. The Kier molecular flexibility index (Phi) is 3.52. The van der Waals surface area contributed by atoms with E-state index in [1.54, 1.807) is 0 Å². The second-order valence-electron chi connectivity index (χ2n) is 5.00. The van der Waals surface area contributed by atoms with Crippen molar-refractivity contribution in [1.29, 1.82) is 0 Å². The summed E-state index contributed by atoms with van der Waals surface area (Å²) in [5, 5.41) is 2.31. The number of carbonyl (C=O) groups is 1. The number of benzene rings is 1. The average Bonchev–Trinajstić information content (AvgIpc) is 2.45. The van der Waals surface area contributed by atoms with E-state index in [4.69, 9.17) is 0 Å². The lowest BCUT2D eigenvalue weighted by Gasteiger charge is -2.28. The van der Waals surface area contributed by atoms with Gasteiger partial charge in [0.2, 0.25) is 0 Å². The van der Waals surface area contributed by atoms with E-state index < -0.39 is 0 Å². The van der Waals surface area contributed by atoms with Crippen LogP contribution in [0.2, 0.25) is 0 Å². The summed E-state index contributed by atoms with van der Waals surface area (Å²) in [5.41, 5.74) is 3.17.